The van der Waals surface area contributed by atoms with Crippen molar-refractivity contribution in [1.29, 1.82) is 0 Å². The van der Waals surface area contributed by atoms with Crippen molar-refractivity contribution in [3.05, 3.63) is 29.5 Å². The zero-order chi connectivity index (χ0) is 10.3. The lowest BCUT2D eigenvalue weighted by atomic mass is 10.1. The average Bonchev–Trinajstić information content (AvgIpc) is 2.50. The summed E-state index contributed by atoms with van der Waals surface area (Å²) in [6.45, 7) is 2.53. The highest BCUT2D eigenvalue weighted by Crippen LogP contribution is 2.30. The molecule has 0 aliphatic heterocycles. The summed E-state index contributed by atoms with van der Waals surface area (Å²) in [6.07, 6.45) is 1.97. The molecule has 0 spiro atoms. The van der Waals surface area contributed by atoms with Crippen molar-refractivity contribution in [1.82, 2.24) is 4.57 Å². The van der Waals surface area contributed by atoms with Gasteiger partial charge in [-0.1, -0.05) is 6.07 Å². The Labute approximate surface area is 82.8 Å². The van der Waals surface area contributed by atoms with E-state index in [0.717, 1.165) is 22.0 Å². The van der Waals surface area contributed by atoms with Crippen LogP contribution in [0.5, 0.6) is 5.75 Å². The molecule has 3 nitrogen and oxygen atoms in total. The fourth-order valence-electron chi connectivity index (χ4n) is 1.96. The van der Waals surface area contributed by atoms with Crippen LogP contribution < -0.4 is 5.73 Å². The second-order valence-electron chi connectivity index (χ2n) is 3.59. The first-order valence-corrected chi connectivity index (χ1v) is 4.61. The number of hydrogen-bond acceptors (Lipinski definition) is 2. The number of aromatic hydroxyl groups is 1. The highest BCUT2D eigenvalue weighted by atomic mass is 16.3. The number of benzene rings is 1. The molecule has 0 bridgehead atoms. The van der Waals surface area contributed by atoms with Crippen molar-refractivity contribution in [2.45, 2.75) is 13.5 Å². The van der Waals surface area contributed by atoms with E-state index in [1.54, 1.807) is 6.07 Å². The molecule has 0 unspecified atom stereocenters. The molecule has 0 fully saturated rings. The number of fused-ring (bicyclic) bond motifs is 1. The van der Waals surface area contributed by atoms with Gasteiger partial charge in [-0.15, -0.1) is 0 Å². The number of hydrogen-bond donors (Lipinski definition) is 2. The van der Waals surface area contributed by atoms with Crippen LogP contribution in [0.1, 0.15) is 11.1 Å². The molecule has 3 N–H and O–H groups in total. The molecule has 14 heavy (non-hydrogen) atoms. The summed E-state index contributed by atoms with van der Waals surface area (Å²) in [5, 5.41) is 10.8. The van der Waals surface area contributed by atoms with Gasteiger partial charge in [0.15, 0.2) is 0 Å². The second kappa shape index (κ2) is 3.03. The molecule has 1 heterocycles. The van der Waals surface area contributed by atoms with Crippen molar-refractivity contribution >= 4 is 10.9 Å². The van der Waals surface area contributed by atoms with Gasteiger partial charge in [-0.3, -0.25) is 0 Å². The predicted molar refractivity (Wildman–Crippen MR) is 57.2 cm³/mol. The van der Waals surface area contributed by atoms with E-state index < -0.39 is 0 Å². The van der Waals surface area contributed by atoms with Gasteiger partial charge in [0.25, 0.3) is 0 Å². The zero-order valence-electron chi connectivity index (χ0n) is 8.41. The number of phenols is 1. The van der Waals surface area contributed by atoms with E-state index >= 15 is 0 Å². The average molecular weight is 190 g/mol. The number of aryl methyl sites for hydroxylation is 2. The van der Waals surface area contributed by atoms with Crippen LogP contribution in [0.4, 0.5) is 0 Å². The molecule has 0 aliphatic rings. The zero-order valence-corrected chi connectivity index (χ0v) is 8.41. The Bertz CT molecular complexity index is 485. The quantitative estimate of drug-likeness (QED) is 0.718. The maximum Gasteiger partial charge on any atom is 0.139 e. The molecule has 74 valence electrons. The molecule has 0 radical (unpaired) electrons. The van der Waals surface area contributed by atoms with E-state index in [1.807, 2.05) is 30.8 Å². The first-order valence-electron chi connectivity index (χ1n) is 4.61. The van der Waals surface area contributed by atoms with E-state index in [0.29, 0.717) is 12.3 Å². The molecule has 1 aromatic carbocycles. The van der Waals surface area contributed by atoms with Crippen LogP contribution in [0.3, 0.4) is 0 Å². The summed E-state index contributed by atoms with van der Waals surface area (Å²) < 4.78 is 1.92. The number of nitrogens with zero attached hydrogens (tertiary/aromatic N) is 1. The molecular formula is C11H14N2O. The van der Waals surface area contributed by atoms with Gasteiger partial charge < -0.3 is 15.4 Å². The lowest BCUT2D eigenvalue weighted by Crippen LogP contribution is -1.95. The third-order valence-corrected chi connectivity index (χ3v) is 2.61. The minimum atomic E-state index is 0.313. The lowest BCUT2D eigenvalue weighted by Gasteiger charge is -2.02. The fraction of sp³-hybridized carbons (Fsp3) is 0.273. The largest absolute Gasteiger partial charge is 0.506 e. The third-order valence-electron chi connectivity index (χ3n) is 2.61. The maximum absolute atomic E-state index is 9.72. The van der Waals surface area contributed by atoms with Gasteiger partial charge >= 0.3 is 0 Å². The molecule has 2 rings (SSSR count). The topological polar surface area (TPSA) is 51.2 Å². The van der Waals surface area contributed by atoms with Crippen LogP contribution in [0, 0.1) is 6.92 Å². The number of nitrogens with two attached hydrogens (primary N) is 1. The van der Waals surface area contributed by atoms with Crippen LogP contribution in [0.25, 0.3) is 10.9 Å². The summed E-state index contributed by atoms with van der Waals surface area (Å²) in [6, 6.07) is 3.63. The SMILES string of the molecule is Cc1ccc(O)c2c1c(CN)cn2C. The van der Waals surface area contributed by atoms with Crippen molar-refractivity contribution < 1.29 is 5.11 Å². The van der Waals surface area contributed by atoms with Crippen LogP contribution in [-0.2, 0) is 13.6 Å². The van der Waals surface area contributed by atoms with Crippen molar-refractivity contribution in [2.24, 2.45) is 12.8 Å². The normalized spacial score (nSPS) is 11.1. The third kappa shape index (κ3) is 1.09. The Balaban J connectivity index is 2.94. The molecular weight excluding hydrogens is 176 g/mol. The summed E-state index contributed by atoms with van der Waals surface area (Å²) in [5.74, 6) is 0.313. The van der Waals surface area contributed by atoms with Gasteiger partial charge in [-0.05, 0) is 24.1 Å². The van der Waals surface area contributed by atoms with Crippen LogP contribution in [0.2, 0.25) is 0 Å². The first kappa shape index (κ1) is 9.09. The number of phenolic OH excluding ortho intramolecular Hbond substituents is 1. The Morgan fingerprint density at radius 2 is 2.14 bits per heavy atom. The van der Waals surface area contributed by atoms with Crippen molar-refractivity contribution in [2.75, 3.05) is 0 Å². The molecule has 0 amide bonds. The predicted octanol–water partition coefficient (Wildman–Crippen LogP) is 1.65. The Morgan fingerprint density at radius 3 is 2.79 bits per heavy atom. The fourth-order valence-corrected chi connectivity index (χ4v) is 1.96. The van der Waals surface area contributed by atoms with Crippen molar-refractivity contribution in [3.63, 3.8) is 0 Å². The van der Waals surface area contributed by atoms with Crippen LogP contribution in [-0.4, -0.2) is 9.67 Å². The van der Waals surface area contributed by atoms with E-state index in [9.17, 15) is 5.11 Å². The van der Waals surface area contributed by atoms with Gasteiger partial charge in [0, 0.05) is 25.2 Å². The minimum absolute atomic E-state index is 0.313. The van der Waals surface area contributed by atoms with E-state index in [-0.39, 0.29) is 0 Å². The highest BCUT2D eigenvalue weighted by Gasteiger charge is 2.10. The monoisotopic (exact) mass is 190 g/mol. The van der Waals surface area contributed by atoms with Gasteiger partial charge in [-0.25, -0.2) is 0 Å². The van der Waals surface area contributed by atoms with Gasteiger partial charge in [-0.2, -0.15) is 0 Å². The van der Waals surface area contributed by atoms with E-state index in [1.165, 1.54) is 0 Å². The summed E-state index contributed by atoms with van der Waals surface area (Å²) in [4.78, 5) is 0. The molecule has 2 aromatic rings. The lowest BCUT2D eigenvalue weighted by molar-refractivity contribution is 0.479. The summed E-state index contributed by atoms with van der Waals surface area (Å²) in [7, 11) is 1.92. The highest BCUT2D eigenvalue weighted by molar-refractivity contribution is 5.91. The summed E-state index contributed by atoms with van der Waals surface area (Å²) in [5.41, 5.74) is 8.75. The summed E-state index contributed by atoms with van der Waals surface area (Å²) >= 11 is 0. The second-order valence-corrected chi connectivity index (χ2v) is 3.59. The van der Waals surface area contributed by atoms with E-state index in [4.69, 9.17) is 5.73 Å². The molecule has 0 saturated carbocycles. The molecule has 0 aliphatic carbocycles. The molecule has 0 atom stereocenters. The Hall–Kier alpha value is -1.48. The molecule has 1 aromatic heterocycles. The van der Waals surface area contributed by atoms with Crippen LogP contribution >= 0.6 is 0 Å². The van der Waals surface area contributed by atoms with Gasteiger partial charge in [0.05, 0.1) is 5.52 Å². The molecule has 3 heteroatoms. The molecule has 0 saturated heterocycles. The Kier molecular flexibility index (Phi) is 1.97. The minimum Gasteiger partial charge on any atom is -0.506 e. The van der Waals surface area contributed by atoms with E-state index in [2.05, 4.69) is 0 Å². The van der Waals surface area contributed by atoms with Crippen LogP contribution in [0.15, 0.2) is 18.3 Å². The van der Waals surface area contributed by atoms with Gasteiger partial charge in [0.2, 0.25) is 0 Å². The van der Waals surface area contributed by atoms with Crippen molar-refractivity contribution in [3.8, 4) is 5.75 Å². The Morgan fingerprint density at radius 1 is 1.43 bits per heavy atom. The standard InChI is InChI=1S/C11H14N2O/c1-7-3-4-9(14)11-10(7)8(5-12)6-13(11)2/h3-4,6,14H,5,12H2,1-2H3. The number of aromatic nitrogens is 1. The smallest absolute Gasteiger partial charge is 0.139 e. The van der Waals surface area contributed by atoms with Gasteiger partial charge in [0.1, 0.15) is 5.75 Å². The number of rotatable bonds is 1. The first-order chi connectivity index (χ1) is 6.65. The maximum atomic E-state index is 9.72.